The molecule has 2 aliphatic rings. The van der Waals surface area contributed by atoms with Crippen molar-refractivity contribution in [2.24, 2.45) is 0 Å². The van der Waals surface area contributed by atoms with Gasteiger partial charge in [-0.3, -0.25) is 19.9 Å². The number of nitro groups is 1. The van der Waals surface area contributed by atoms with Crippen LogP contribution in [0.4, 0.5) is 5.69 Å². The molecule has 0 saturated carbocycles. The predicted molar refractivity (Wildman–Crippen MR) is 112 cm³/mol. The zero-order valence-electron chi connectivity index (χ0n) is 17.0. The molecular weight excluding hydrogens is 398 g/mol. The highest BCUT2D eigenvalue weighted by Gasteiger charge is 2.39. The van der Waals surface area contributed by atoms with Gasteiger partial charge in [-0.05, 0) is 37.5 Å². The molecule has 1 N–H and O–H groups in total. The summed E-state index contributed by atoms with van der Waals surface area (Å²) in [6.45, 7) is 1.78. The van der Waals surface area contributed by atoms with Crippen molar-refractivity contribution >= 4 is 17.4 Å². The molecule has 8 heteroatoms. The Balaban J connectivity index is 1.71. The van der Waals surface area contributed by atoms with E-state index in [2.05, 4.69) is 10.3 Å². The van der Waals surface area contributed by atoms with Gasteiger partial charge in [-0.25, -0.2) is 4.79 Å². The first-order valence-electron chi connectivity index (χ1n) is 10.0. The van der Waals surface area contributed by atoms with Crippen molar-refractivity contribution in [2.45, 2.75) is 38.7 Å². The Morgan fingerprint density at radius 2 is 2.00 bits per heavy atom. The lowest BCUT2D eigenvalue weighted by molar-refractivity contribution is -0.384. The summed E-state index contributed by atoms with van der Waals surface area (Å²) in [5.41, 5.74) is 3.48. The van der Waals surface area contributed by atoms with Crippen molar-refractivity contribution in [3.63, 3.8) is 0 Å². The average Bonchev–Trinajstić information content (AvgIpc) is 2.77. The van der Waals surface area contributed by atoms with Crippen LogP contribution in [-0.4, -0.2) is 21.7 Å². The maximum absolute atomic E-state index is 13.1. The maximum Gasteiger partial charge on any atom is 0.337 e. The molecule has 1 unspecified atom stereocenters. The van der Waals surface area contributed by atoms with Crippen molar-refractivity contribution in [3.05, 3.63) is 92.6 Å². The number of dihydropyridines is 1. The standard InChI is InChI=1S/C23H21N3O5/c1-14-20(23(28)31-13-16-5-2-3-12-24-16)21(15-8-10-17(11-9-15)26(29)30)22-18(25-14)6-4-7-19(22)27/h2-3,5,8-12,21,25H,4,6-7,13H2,1H3. The van der Waals surface area contributed by atoms with Crippen molar-refractivity contribution in [2.75, 3.05) is 0 Å². The third-order valence-electron chi connectivity index (χ3n) is 5.51. The van der Waals surface area contributed by atoms with Gasteiger partial charge in [0.2, 0.25) is 0 Å². The van der Waals surface area contributed by atoms with Crippen LogP contribution in [0, 0.1) is 10.1 Å². The van der Waals surface area contributed by atoms with E-state index in [1.54, 1.807) is 43.5 Å². The molecule has 0 saturated heterocycles. The van der Waals surface area contributed by atoms with E-state index in [9.17, 15) is 19.7 Å². The summed E-state index contributed by atoms with van der Waals surface area (Å²) >= 11 is 0. The first kappa shape index (κ1) is 20.5. The van der Waals surface area contributed by atoms with Crippen LogP contribution in [0.2, 0.25) is 0 Å². The van der Waals surface area contributed by atoms with Crippen molar-refractivity contribution in [3.8, 4) is 0 Å². The molecule has 1 aliphatic carbocycles. The molecule has 1 aliphatic heterocycles. The van der Waals surface area contributed by atoms with Crippen molar-refractivity contribution < 1.29 is 19.2 Å². The second kappa shape index (κ2) is 8.51. The molecule has 1 atom stereocenters. The van der Waals surface area contributed by atoms with E-state index in [-0.39, 0.29) is 18.1 Å². The minimum atomic E-state index is -0.638. The Morgan fingerprint density at radius 3 is 2.68 bits per heavy atom. The molecule has 1 aromatic heterocycles. The Kier molecular flexibility index (Phi) is 5.62. The minimum absolute atomic E-state index is 0.00326. The van der Waals surface area contributed by atoms with Crippen molar-refractivity contribution in [1.29, 1.82) is 0 Å². The van der Waals surface area contributed by atoms with E-state index >= 15 is 0 Å². The molecule has 8 nitrogen and oxygen atoms in total. The number of hydrogen-bond donors (Lipinski definition) is 1. The Morgan fingerprint density at radius 1 is 1.23 bits per heavy atom. The first-order chi connectivity index (χ1) is 15.0. The van der Waals surface area contributed by atoms with Crippen LogP contribution in [0.25, 0.3) is 0 Å². The van der Waals surface area contributed by atoms with Crippen LogP contribution in [-0.2, 0) is 20.9 Å². The number of pyridine rings is 1. The van der Waals surface area contributed by atoms with Crippen LogP contribution >= 0.6 is 0 Å². The number of ether oxygens (including phenoxy) is 1. The molecule has 0 radical (unpaired) electrons. The highest BCUT2D eigenvalue weighted by molar-refractivity contribution is 6.03. The molecule has 31 heavy (non-hydrogen) atoms. The first-order valence-corrected chi connectivity index (χ1v) is 10.0. The number of carbonyl (C=O) groups excluding carboxylic acids is 2. The van der Waals surface area contributed by atoms with E-state index in [1.807, 2.05) is 0 Å². The largest absolute Gasteiger partial charge is 0.456 e. The van der Waals surface area contributed by atoms with Gasteiger partial charge in [0.15, 0.2) is 5.78 Å². The fourth-order valence-electron chi connectivity index (χ4n) is 4.08. The summed E-state index contributed by atoms with van der Waals surface area (Å²) in [5.74, 6) is -1.22. The number of carbonyl (C=O) groups is 2. The molecule has 0 spiro atoms. The van der Waals surface area contributed by atoms with Crippen LogP contribution in [0.5, 0.6) is 0 Å². The van der Waals surface area contributed by atoms with E-state index in [4.69, 9.17) is 4.74 Å². The van der Waals surface area contributed by atoms with Gasteiger partial charge in [0.1, 0.15) is 6.61 Å². The highest BCUT2D eigenvalue weighted by atomic mass is 16.6. The normalized spacial score (nSPS) is 18.4. The molecule has 0 amide bonds. The molecule has 2 heterocycles. The number of aromatic nitrogens is 1. The monoisotopic (exact) mass is 419 g/mol. The van der Waals surface area contributed by atoms with E-state index in [0.717, 1.165) is 12.1 Å². The minimum Gasteiger partial charge on any atom is -0.456 e. The third-order valence-corrected chi connectivity index (χ3v) is 5.51. The molecule has 0 fully saturated rings. The topological polar surface area (TPSA) is 111 Å². The zero-order valence-corrected chi connectivity index (χ0v) is 17.0. The van der Waals surface area contributed by atoms with Crippen molar-refractivity contribution in [1.82, 2.24) is 10.3 Å². The second-order valence-electron chi connectivity index (χ2n) is 7.51. The van der Waals surface area contributed by atoms with Gasteiger partial charge in [-0.2, -0.15) is 0 Å². The smallest absolute Gasteiger partial charge is 0.337 e. The summed E-state index contributed by atoms with van der Waals surface area (Å²) in [6, 6.07) is 11.3. The number of hydrogen-bond acceptors (Lipinski definition) is 7. The fraction of sp³-hybridized carbons (Fsp3) is 0.261. The van der Waals surface area contributed by atoms with Crippen LogP contribution in [0.1, 0.15) is 43.4 Å². The van der Waals surface area contributed by atoms with E-state index < -0.39 is 16.8 Å². The summed E-state index contributed by atoms with van der Waals surface area (Å²) < 4.78 is 5.53. The number of benzene rings is 1. The third kappa shape index (κ3) is 4.09. The fourth-order valence-corrected chi connectivity index (χ4v) is 4.08. The molecule has 158 valence electrons. The molecule has 1 aromatic carbocycles. The lowest BCUT2D eigenvalue weighted by atomic mass is 9.75. The quantitative estimate of drug-likeness (QED) is 0.447. The number of allylic oxidation sites excluding steroid dienone is 3. The summed E-state index contributed by atoms with van der Waals surface area (Å²) in [4.78, 5) is 40.7. The van der Waals surface area contributed by atoms with Gasteiger partial charge in [0.25, 0.3) is 5.69 Å². The lowest BCUT2D eigenvalue weighted by Crippen LogP contribution is -2.34. The second-order valence-corrected chi connectivity index (χ2v) is 7.51. The van der Waals surface area contributed by atoms with Crippen LogP contribution in [0.15, 0.2) is 71.2 Å². The van der Waals surface area contributed by atoms with E-state index in [1.165, 1.54) is 12.1 Å². The maximum atomic E-state index is 13.1. The summed E-state index contributed by atoms with van der Waals surface area (Å²) in [5, 5.41) is 14.3. The van der Waals surface area contributed by atoms with E-state index in [0.29, 0.717) is 40.9 Å². The Hall–Kier alpha value is -3.81. The van der Waals surface area contributed by atoms with Gasteiger partial charge in [-0.1, -0.05) is 18.2 Å². The number of rotatable bonds is 5. The predicted octanol–water partition coefficient (Wildman–Crippen LogP) is 3.70. The number of nitro benzene ring substituents is 1. The summed E-state index contributed by atoms with van der Waals surface area (Å²) in [6.07, 6.45) is 3.47. The SMILES string of the molecule is CC1=C(C(=O)OCc2ccccn2)C(c2ccc([N+](=O)[O-])cc2)C2=C(CCCC2=O)N1. The Labute approximate surface area is 178 Å². The molecule has 4 rings (SSSR count). The number of nitrogens with one attached hydrogen (secondary N) is 1. The number of Topliss-reactive ketones (excluding diaryl/α,β-unsaturated/α-hetero) is 1. The zero-order chi connectivity index (χ0) is 22.0. The number of ketones is 1. The number of esters is 1. The number of nitrogens with zero attached hydrogens (tertiary/aromatic N) is 2. The van der Waals surface area contributed by atoms with Crippen LogP contribution < -0.4 is 5.32 Å². The van der Waals surface area contributed by atoms with Crippen LogP contribution in [0.3, 0.4) is 0 Å². The Bertz CT molecular complexity index is 1100. The van der Waals surface area contributed by atoms with Gasteiger partial charge in [-0.15, -0.1) is 0 Å². The highest BCUT2D eigenvalue weighted by Crippen LogP contribution is 2.42. The molecular formula is C23H21N3O5. The molecule has 0 bridgehead atoms. The average molecular weight is 419 g/mol. The van der Waals surface area contributed by atoms with Gasteiger partial charge in [0, 0.05) is 47.6 Å². The lowest BCUT2D eigenvalue weighted by Gasteiger charge is -2.34. The molecule has 2 aromatic rings. The van der Waals surface area contributed by atoms with Gasteiger partial charge in [0.05, 0.1) is 16.2 Å². The summed E-state index contributed by atoms with van der Waals surface area (Å²) in [7, 11) is 0. The van der Waals surface area contributed by atoms with Gasteiger partial charge < -0.3 is 10.1 Å². The number of non-ortho nitro benzene ring substituents is 1. The van der Waals surface area contributed by atoms with Gasteiger partial charge >= 0.3 is 5.97 Å².